The number of anilines is 2. The molecule has 6 heteroatoms. The van der Waals surface area contributed by atoms with Crippen LogP contribution in [0.2, 0.25) is 0 Å². The van der Waals surface area contributed by atoms with Gasteiger partial charge in [-0.3, -0.25) is 20.2 Å². The van der Waals surface area contributed by atoms with Gasteiger partial charge in [0.15, 0.2) is 11.6 Å². The number of benzene rings is 2. The smallest absolute Gasteiger partial charge is 0.196 e. The third-order valence-corrected chi connectivity index (χ3v) is 5.16. The fourth-order valence-corrected chi connectivity index (χ4v) is 3.97. The molecule has 4 heterocycles. The fraction of sp³-hybridized carbons (Fsp3) is 0.222. The average molecular weight is 320 g/mol. The maximum Gasteiger partial charge on any atom is 0.196 e. The van der Waals surface area contributed by atoms with E-state index in [1.807, 2.05) is 32.3 Å². The second kappa shape index (κ2) is 4.43. The molecule has 0 amide bonds. The van der Waals surface area contributed by atoms with E-state index in [1.54, 1.807) is 6.07 Å². The predicted molar refractivity (Wildman–Crippen MR) is 90.6 cm³/mol. The third kappa shape index (κ3) is 1.47. The predicted octanol–water partition coefficient (Wildman–Crippen LogP) is 1.75. The van der Waals surface area contributed by atoms with E-state index in [4.69, 9.17) is 0 Å². The summed E-state index contributed by atoms with van der Waals surface area (Å²) in [4.78, 5) is 26.1. The van der Waals surface area contributed by atoms with Crippen LogP contribution < -0.4 is 21.3 Å². The molecule has 2 aromatic carbocycles. The molecule has 0 fully saturated rings. The zero-order valence-electron chi connectivity index (χ0n) is 13.3. The van der Waals surface area contributed by atoms with E-state index in [0.29, 0.717) is 27.9 Å². The number of hydrogen-bond donors (Lipinski definition) is 4. The van der Waals surface area contributed by atoms with Crippen LogP contribution in [0.25, 0.3) is 0 Å². The summed E-state index contributed by atoms with van der Waals surface area (Å²) in [5.41, 5.74) is 5.42. The second-order valence-corrected chi connectivity index (χ2v) is 6.33. The highest BCUT2D eigenvalue weighted by atomic mass is 16.1. The van der Waals surface area contributed by atoms with E-state index in [-0.39, 0.29) is 23.9 Å². The molecule has 6 nitrogen and oxygen atoms in total. The first-order valence-electron chi connectivity index (χ1n) is 7.96. The summed E-state index contributed by atoms with van der Waals surface area (Å²) in [5, 5.41) is 13.3. The molecule has 0 saturated carbocycles. The van der Waals surface area contributed by atoms with E-state index in [2.05, 4.69) is 21.3 Å². The lowest BCUT2D eigenvalue weighted by molar-refractivity contribution is 0.0979. The summed E-state index contributed by atoms with van der Waals surface area (Å²) in [7, 11) is 3.72. The van der Waals surface area contributed by atoms with E-state index in [9.17, 15) is 9.59 Å². The standard InChI is InChI=1S/C18H16N4O2/c1-19-17-7-3-4-8-9(5-7)15(23)10-6-11-13(21-17)14(12(10)16(8)24)22-18(11)20-2/h3-6,17-22H,1-2H3. The van der Waals surface area contributed by atoms with Crippen molar-refractivity contribution in [2.75, 3.05) is 24.7 Å². The molecule has 8 bridgehead atoms. The maximum atomic E-state index is 13.0. The molecular weight excluding hydrogens is 304 g/mol. The summed E-state index contributed by atoms with van der Waals surface area (Å²) >= 11 is 0. The summed E-state index contributed by atoms with van der Waals surface area (Å²) in [6.45, 7) is 0. The van der Waals surface area contributed by atoms with Crippen molar-refractivity contribution in [3.63, 3.8) is 0 Å². The minimum absolute atomic E-state index is 0.0780. The number of nitrogens with one attached hydrogen (secondary N) is 4. The van der Waals surface area contributed by atoms with Gasteiger partial charge in [-0.2, -0.15) is 0 Å². The van der Waals surface area contributed by atoms with Gasteiger partial charge in [-0.25, -0.2) is 0 Å². The average Bonchev–Trinajstić information content (AvgIpc) is 2.83. The van der Waals surface area contributed by atoms with Crippen molar-refractivity contribution >= 4 is 22.9 Å². The molecule has 2 aromatic rings. The lowest BCUT2D eigenvalue weighted by Gasteiger charge is -2.28. The van der Waals surface area contributed by atoms with Crippen molar-refractivity contribution in [2.24, 2.45) is 0 Å². The Morgan fingerprint density at radius 3 is 2.33 bits per heavy atom. The van der Waals surface area contributed by atoms with Gasteiger partial charge in [0.25, 0.3) is 0 Å². The quantitative estimate of drug-likeness (QED) is 0.576. The molecule has 2 unspecified atom stereocenters. The van der Waals surface area contributed by atoms with Crippen LogP contribution in [0.3, 0.4) is 0 Å². The molecule has 2 atom stereocenters. The van der Waals surface area contributed by atoms with E-state index in [1.165, 1.54) is 0 Å². The molecule has 0 spiro atoms. The Balaban J connectivity index is 1.92. The molecule has 4 aliphatic heterocycles. The largest absolute Gasteiger partial charge is 0.364 e. The van der Waals surface area contributed by atoms with Crippen molar-refractivity contribution in [3.05, 3.63) is 57.6 Å². The molecule has 7 rings (SSSR count). The Hall–Kier alpha value is -2.70. The van der Waals surface area contributed by atoms with Gasteiger partial charge in [-0.05, 0) is 37.9 Å². The van der Waals surface area contributed by atoms with Crippen LogP contribution in [-0.4, -0.2) is 25.7 Å². The highest BCUT2D eigenvalue weighted by Gasteiger charge is 2.40. The lowest BCUT2D eigenvalue weighted by Crippen LogP contribution is -2.29. The number of carbonyl (C=O) groups excluding carboxylic acids is 2. The minimum Gasteiger partial charge on any atom is -0.364 e. The Morgan fingerprint density at radius 1 is 0.833 bits per heavy atom. The molecule has 24 heavy (non-hydrogen) atoms. The number of fused-ring (bicyclic) bond motifs is 1. The van der Waals surface area contributed by atoms with Gasteiger partial charge in [0.05, 0.1) is 16.9 Å². The first-order chi connectivity index (χ1) is 11.6. The molecule has 5 aliphatic rings. The molecule has 0 aromatic heterocycles. The number of ketones is 2. The molecule has 4 N–H and O–H groups in total. The topological polar surface area (TPSA) is 82.3 Å². The zero-order valence-corrected chi connectivity index (χ0v) is 13.3. The van der Waals surface area contributed by atoms with E-state index >= 15 is 0 Å². The van der Waals surface area contributed by atoms with E-state index in [0.717, 1.165) is 16.8 Å². The van der Waals surface area contributed by atoms with Crippen molar-refractivity contribution in [1.29, 1.82) is 0 Å². The van der Waals surface area contributed by atoms with Crippen molar-refractivity contribution in [1.82, 2.24) is 10.6 Å². The van der Waals surface area contributed by atoms with Crippen LogP contribution in [0.4, 0.5) is 11.4 Å². The number of carbonyl (C=O) groups is 2. The Kier molecular flexibility index (Phi) is 2.53. The van der Waals surface area contributed by atoms with Crippen LogP contribution >= 0.6 is 0 Å². The summed E-state index contributed by atoms with van der Waals surface area (Å²) in [5.74, 6) is -0.172. The van der Waals surface area contributed by atoms with Gasteiger partial charge in [0.1, 0.15) is 12.3 Å². The lowest BCUT2D eigenvalue weighted by atomic mass is 9.81. The molecule has 120 valence electrons. The first kappa shape index (κ1) is 13.7. The minimum atomic E-state index is -0.148. The van der Waals surface area contributed by atoms with E-state index < -0.39 is 0 Å². The monoisotopic (exact) mass is 320 g/mol. The summed E-state index contributed by atoms with van der Waals surface area (Å²) in [6.07, 6.45) is -0.274. The van der Waals surface area contributed by atoms with Crippen molar-refractivity contribution in [2.45, 2.75) is 12.3 Å². The third-order valence-electron chi connectivity index (χ3n) is 5.16. The number of hydrogen-bond acceptors (Lipinski definition) is 6. The van der Waals surface area contributed by atoms with Crippen molar-refractivity contribution in [3.8, 4) is 0 Å². The normalized spacial score (nSPS) is 22.1. The van der Waals surface area contributed by atoms with Crippen LogP contribution in [-0.2, 0) is 0 Å². The Morgan fingerprint density at radius 2 is 1.58 bits per heavy atom. The Bertz CT molecular complexity index is 951. The van der Waals surface area contributed by atoms with Gasteiger partial charge in [0, 0.05) is 22.3 Å². The van der Waals surface area contributed by atoms with Crippen LogP contribution in [0, 0.1) is 0 Å². The van der Waals surface area contributed by atoms with Gasteiger partial charge >= 0.3 is 0 Å². The van der Waals surface area contributed by atoms with Gasteiger partial charge in [-0.1, -0.05) is 6.07 Å². The van der Waals surface area contributed by atoms with Crippen LogP contribution in [0.5, 0.6) is 0 Å². The second-order valence-electron chi connectivity index (χ2n) is 6.33. The Labute approximate surface area is 138 Å². The van der Waals surface area contributed by atoms with Crippen LogP contribution in [0.15, 0.2) is 24.3 Å². The summed E-state index contributed by atoms with van der Waals surface area (Å²) in [6, 6.07) is 7.32. The SMILES string of the molecule is CNC1Nc2c3cc4c(c2NC3NC)C(=O)c2ccc1cc2C4=O. The molecule has 0 radical (unpaired) electrons. The van der Waals surface area contributed by atoms with Gasteiger partial charge < -0.3 is 10.6 Å². The highest BCUT2D eigenvalue weighted by molar-refractivity contribution is 6.31. The molecule has 0 saturated heterocycles. The zero-order chi connectivity index (χ0) is 16.6. The summed E-state index contributed by atoms with van der Waals surface area (Å²) < 4.78 is 0. The number of rotatable bonds is 2. The first-order valence-corrected chi connectivity index (χ1v) is 7.96. The van der Waals surface area contributed by atoms with Crippen molar-refractivity contribution < 1.29 is 9.59 Å². The van der Waals surface area contributed by atoms with Crippen LogP contribution in [0.1, 0.15) is 55.3 Å². The maximum absolute atomic E-state index is 13.0. The molecule has 1 aliphatic carbocycles. The van der Waals surface area contributed by atoms with Gasteiger partial charge in [0.2, 0.25) is 0 Å². The molecular formula is C18H16N4O2. The fourth-order valence-electron chi connectivity index (χ4n) is 3.97. The highest BCUT2D eigenvalue weighted by Crippen LogP contribution is 2.48. The van der Waals surface area contributed by atoms with Gasteiger partial charge in [-0.15, -0.1) is 0 Å².